The van der Waals surface area contributed by atoms with Gasteiger partial charge in [-0.05, 0) is 30.7 Å². The third-order valence-corrected chi connectivity index (χ3v) is 2.86. The molecule has 1 aromatic carbocycles. The number of hydrogen-bond donors (Lipinski definition) is 1. The Morgan fingerprint density at radius 3 is 2.53 bits per heavy atom. The van der Waals surface area contributed by atoms with Crippen LogP contribution in [0.15, 0.2) is 36.9 Å². The van der Waals surface area contributed by atoms with Crippen LogP contribution in [-0.4, -0.2) is 16.5 Å². The van der Waals surface area contributed by atoms with Crippen molar-refractivity contribution in [3.8, 4) is 0 Å². The minimum Gasteiger partial charge on any atom is -0.310 e. The van der Waals surface area contributed by atoms with E-state index in [-0.39, 0.29) is 6.04 Å². The predicted octanol–water partition coefficient (Wildman–Crippen LogP) is 2.65. The van der Waals surface area contributed by atoms with E-state index >= 15 is 0 Å². The van der Waals surface area contributed by atoms with Gasteiger partial charge >= 0.3 is 0 Å². The van der Waals surface area contributed by atoms with Gasteiger partial charge < -0.3 is 5.32 Å². The van der Waals surface area contributed by atoms with Crippen molar-refractivity contribution in [1.29, 1.82) is 0 Å². The first-order valence-corrected chi connectivity index (χ1v) is 6.13. The van der Waals surface area contributed by atoms with E-state index in [9.17, 15) is 8.78 Å². The zero-order valence-electron chi connectivity index (χ0n) is 10.6. The molecular formula is C14H15F2N3. The third-order valence-electron chi connectivity index (χ3n) is 2.86. The van der Waals surface area contributed by atoms with E-state index in [1.165, 1.54) is 12.4 Å². The van der Waals surface area contributed by atoms with E-state index < -0.39 is 11.6 Å². The van der Waals surface area contributed by atoms with Gasteiger partial charge in [0.2, 0.25) is 0 Å². The zero-order chi connectivity index (χ0) is 13.7. The van der Waals surface area contributed by atoms with Gasteiger partial charge in [0, 0.05) is 24.0 Å². The number of nitrogens with zero attached hydrogens (tertiary/aromatic N) is 2. The summed E-state index contributed by atoms with van der Waals surface area (Å²) in [6, 6.07) is 3.95. The number of hydrogen-bond acceptors (Lipinski definition) is 3. The summed E-state index contributed by atoms with van der Waals surface area (Å²) in [5, 5.41) is 3.29. The van der Waals surface area contributed by atoms with Crippen LogP contribution in [0.2, 0.25) is 0 Å². The van der Waals surface area contributed by atoms with Gasteiger partial charge in [0.25, 0.3) is 0 Å². The Bertz CT molecular complexity index is 531. The Kier molecular flexibility index (Phi) is 4.52. The average Bonchev–Trinajstić information content (AvgIpc) is 2.43. The Morgan fingerprint density at radius 2 is 1.89 bits per heavy atom. The molecule has 2 aromatic rings. The topological polar surface area (TPSA) is 37.8 Å². The molecule has 1 N–H and O–H groups in total. The first kappa shape index (κ1) is 13.5. The first-order chi connectivity index (χ1) is 9.20. The van der Waals surface area contributed by atoms with Crippen LogP contribution >= 0.6 is 0 Å². The summed E-state index contributed by atoms with van der Waals surface area (Å²) < 4.78 is 26.1. The Hall–Kier alpha value is -1.88. The summed E-state index contributed by atoms with van der Waals surface area (Å²) in [5.41, 5.74) is 1.66. The molecule has 5 heteroatoms. The highest BCUT2D eigenvalue weighted by Gasteiger charge is 2.13. The van der Waals surface area contributed by atoms with E-state index in [4.69, 9.17) is 0 Å². The zero-order valence-corrected chi connectivity index (χ0v) is 10.6. The minimum absolute atomic E-state index is 0.0175. The van der Waals surface area contributed by atoms with Crippen molar-refractivity contribution in [1.82, 2.24) is 15.3 Å². The number of rotatable bonds is 5. The maximum absolute atomic E-state index is 13.2. The average molecular weight is 263 g/mol. The molecule has 0 saturated heterocycles. The number of aromatic nitrogens is 2. The van der Waals surface area contributed by atoms with Crippen molar-refractivity contribution < 1.29 is 8.78 Å². The normalized spacial score (nSPS) is 12.4. The van der Waals surface area contributed by atoms with Gasteiger partial charge in [0.15, 0.2) is 11.6 Å². The van der Waals surface area contributed by atoms with E-state index in [0.717, 1.165) is 23.7 Å². The predicted molar refractivity (Wildman–Crippen MR) is 68.5 cm³/mol. The largest absolute Gasteiger partial charge is 0.310 e. The second-order valence-electron chi connectivity index (χ2n) is 4.23. The SMILES string of the molecule is CCNC(Cc1ccc(F)c(F)c1)c1cncnc1. The summed E-state index contributed by atoms with van der Waals surface area (Å²) in [6.45, 7) is 2.76. The van der Waals surface area contributed by atoms with Crippen molar-refractivity contribution in [2.75, 3.05) is 6.54 Å². The Labute approximate surface area is 110 Å². The highest BCUT2D eigenvalue weighted by Crippen LogP contribution is 2.18. The van der Waals surface area contributed by atoms with Gasteiger partial charge in [-0.1, -0.05) is 13.0 Å². The molecule has 1 heterocycles. The Balaban J connectivity index is 2.19. The smallest absolute Gasteiger partial charge is 0.159 e. The van der Waals surface area contributed by atoms with Crippen LogP contribution in [-0.2, 0) is 6.42 Å². The molecule has 0 aliphatic heterocycles. The van der Waals surface area contributed by atoms with Crippen LogP contribution in [0.25, 0.3) is 0 Å². The Morgan fingerprint density at radius 1 is 1.16 bits per heavy atom. The van der Waals surface area contributed by atoms with Gasteiger partial charge in [-0.25, -0.2) is 18.7 Å². The fourth-order valence-electron chi connectivity index (χ4n) is 1.95. The molecule has 2 rings (SSSR count). The lowest BCUT2D eigenvalue weighted by molar-refractivity contribution is 0.502. The molecule has 0 spiro atoms. The van der Waals surface area contributed by atoms with Crippen molar-refractivity contribution in [2.24, 2.45) is 0 Å². The van der Waals surface area contributed by atoms with Crippen LogP contribution < -0.4 is 5.32 Å². The third kappa shape index (κ3) is 3.54. The van der Waals surface area contributed by atoms with Crippen LogP contribution in [0, 0.1) is 11.6 Å². The second-order valence-corrected chi connectivity index (χ2v) is 4.23. The number of benzene rings is 1. The number of likely N-dealkylation sites (N-methyl/N-ethyl adjacent to an activating group) is 1. The number of nitrogens with one attached hydrogen (secondary N) is 1. The van der Waals surface area contributed by atoms with Crippen LogP contribution in [0.1, 0.15) is 24.1 Å². The van der Waals surface area contributed by atoms with Crippen LogP contribution in [0.3, 0.4) is 0 Å². The fraction of sp³-hybridized carbons (Fsp3) is 0.286. The molecule has 1 atom stereocenters. The first-order valence-electron chi connectivity index (χ1n) is 6.13. The van der Waals surface area contributed by atoms with E-state index in [1.807, 2.05) is 6.92 Å². The highest BCUT2D eigenvalue weighted by atomic mass is 19.2. The molecule has 0 aliphatic rings. The van der Waals surface area contributed by atoms with Crippen LogP contribution in [0.4, 0.5) is 8.78 Å². The molecule has 0 fully saturated rings. The second kappa shape index (κ2) is 6.33. The maximum atomic E-state index is 13.2. The van der Waals surface area contributed by atoms with Gasteiger partial charge in [-0.2, -0.15) is 0 Å². The molecule has 3 nitrogen and oxygen atoms in total. The fourth-order valence-corrected chi connectivity index (χ4v) is 1.95. The standard InChI is InChI=1S/C14H15F2N3/c1-2-19-14(11-7-17-9-18-8-11)6-10-3-4-12(15)13(16)5-10/h3-5,7-9,14,19H,2,6H2,1H3. The van der Waals surface area contributed by atoms with Gasteiger partial charge in [0.05, 0.1) is 0 Å². The maximum Gasteiger partial charge on any atom is 0.159 e. The van der Waals surface area contributed by atoms with Gasteiger partial charge in [-0.15, -0.1) is 0 Å². The summed E-state index contributed by atoms with van der Waals surface area (Å²) in [5.74, 6) is -1.65. The molecule has 100 valence electrons. The highest BCUT2D eigenvalue weighted by molar-refractivity contribution is 5.21. The van der Waals surface area contributed by atoms with E-state index in [0.29, 0.717) is 6.42 Å². The molecule has 0 radical (unpaired) electrons. The summed E-state index contributed by atoms with van der Waals surface area (Å²) in [6.07, 6.45) is 5.46. The lowest BCUT2D eigenvalue weighted by Crippen LogP contribution is -2.23. The molecule has 0 aliphatic carbocycles. The molecule has 19 heavy (non-hydrogen) atoms. The molecule has 0 bridgehead atoms. The van der Waals surface area contributed by atoms with Crippen LogP contribution in [0.5, 0.6) is 0 Å². The summed E-state index contributed by atoms with van der Waals surface area (Å²) >= 11 is 0. The van der Waals surface area contributed by atoms with Gasteiger partial charge in [-0.3, -0.25) is 0 Å². The van der Waals surface area contributed by atoms with E-state index in [2.05, 4.69) is 15.3 Å². The molecule has 1 unspecified atom stereocenters. The van der Waals surface area contributed by atoms with Crippen molar-refractivity contribution in [3.63, 3.8) is 0 Å². The lowest BCUT2D eigenvalue weighted by Gasteiger charge is -2.17. The van der Waals surface area contributed by atoms with Crippen molar-refractivity contribution in [3.05, 3.63) is 59.7 Å². The molecular weight excluding hydrogens is 248 g/mol. The van der Waals surface area contributed by atoms with E-state index in [1.54, 1.807) is 18.5 Å². The molecule has 0 saturated carbocycles. The molecule has 0 amide bonds. The summed E-state index contributed by atoms with van der Waals surface area (Å²) in [4.78, 5) is 7.95. The van der Waals surface area contributed by atoms with Crippen molar-refractivity contribution >= 4 is 0 Å². The van der Waals surface area contributed by atoms with Gasteiger partial charge in [0.1, 0.15) is 6.33 Å². The quantitative estimate of drug-likeness (QED) is 0.901. The monoisotopic (exact) mass is 263 g/mol. The molecule has 1 aromatic heterocycles. The van der Waals surface area contributed by atoms with Crippen molar-refractivity contribution in [2.45, 2.75) is 19.4 Å². The summed E-state index contributed by atoms with van der Waals surface area (Å²) in [7, 11) is 0. The minimum atomic E-state index is -0.827. The lowest BCUT2D eigenvalue weighted by atomic mass is 10.0. The number of halogens is 2.